The van der Waals surface area contributed by atoms with Crippen molar-refractivity contribution in [1.29, 1.82) is 0 Å². The van der Waals surface area contributed by atoms with Crippen LogP contribution in [0.2, 0.25) is 0 Å². The Bertz CT molecular complexity index is 874. The molecule has 0 bridgehead atoms. The Hall–Kier alpha value is -2.45. The van der Waals surface area contributed by atoms with E-state index in [1.165, 1.54) is 0 Å². The average Bonchev–Trinajstić information content (AvgIpc) is 2.72. The smallest absolute Gasteiger partial charge is 0.255 e. The Kier molecular flexibility index (Phi) is 5.20. The fourth-order valence-electron chi connectivity index (χ4n) is 4.97. The Labute approximate surface area is 175 Å². The summed E-state index contributed by atoms with van der Waals surface area (Å²) < 4.78 is 25.1. The zero-order valence-corrected chi connectivity index (χ0v) is 16.9. The lowest BCUT2D eigenvalue weighted by atomic mass is 9.51. The summed E-state index contributed by atoms with van der Waals surface area (Å²) in [6, 6.07) is 7.99. The van der Waals surface area contributed by atoms with Gasteiger partial charge in [-0.05, 0) is 61.3 Å². The van der Waals surface area contributed by atoms with E-state index in [1.54, 1.807) is 0 Å². The van der Waals surface area contributed by atoms with Gasteiger partial charge in [-0.15, -0.1) is 0 Å². The molecule has 1 saturated heterocycles. The van der Waals surface area contributed by atoms with Crippen molar-refractivity contribution in [2.75, 3.05) is 43.1 Å². The summed E-state index contributed by atoms with van der Waals surface area (Å²) >= 11 is 0. The predicted molar refractivity (Wildman–Crippen MR) is 111 cm³/mol. The average molecular weight is 414 g/mol. The van der Waals surface area contributed by atoms with Crippen LogP contribution in [0.5, 0.6) is 5.88 Å². The van der Waals surface area contributed by atoms with Crippen molar-refractivity contribution in [3.63, 3.8) is 0 Å². The van der Waals surface area contributed by atoms with Crippen LogP contribution in [0.25, 0.3) is 0 Å². The molecule has 1 aromatic carbocycles. The second kappa shape index (κ2) is 8.00. The SMILES string of the molecule is OC1CC2(C1)CC(COc1nc(Nc3ccc(N4CCOCC4)cc3)ncc1F)C2. The maximum absolute atomic E-state index is 14.1. The maximum atomic E-state index is 14.1. The molecule has 3 fully saturated rings. The molecule has 2 heterocycles. The molecule has 160 valence electrons. The molecule has 2 aliphatic carbocycles. The lowest BCUT2D eigenvalue weighted by Gasteiger charge is -2.56. The number of ether oxygens (including phenoxy) is 2. The molecule has 30 heavy (non-hydrogen) atoms. The number of benzene rings is 1. The van der Waals surface area contributed by atoms with Crippen molar-refractivity contribution in [3.8, 4) is 5.88 Å². The van der Waals surface area contributed by atoms with Crippen LogP contribution in [-0.2, 0) is 4.74 Å². The molecule has 1 aliphatic heterocycles. The summed E-state index contributed by atoms with van der Waals surface area (Å²) in [7, 11) is 0. The van der Waals surface area contributed by atoms with Gasteiger partial charge in [-0.2, -0.15) is 9.37 Å². The Morgan fingerprint density at radius 3 is 2.60 bits per heavy atom. The highest BCUT2D eigenvalue weighted by Gasteiger charge is 2.52. The molecule has 0 unspecified atom stereocenters. The minimum absolute atomic E-state index is 0.0213. The van der Waals surface area contributed by atoms with Gasteiger partial charge in [0.1, 0.15) is 0 Å². The number of aromatic nitrogens is 2. The largest absolute Gasteiger partial charge is 0.475 e. The van der Waals surface area contributed by atoms with Gasteiger partial charge in [-0.25, -0.2) is 4.98 Å². The molecule has 8 heteroatoms. The number of hydrogen-bond donors (Lipinski definition) is 2. The summed E-state index contributed by atoms with van der Waals surface area (Å²) in [6.07, 6.45) is 4.86. The number of aliphatic hydroxyl groups excluding tert-OH is 1. The molecule has 2 saturated carbocycles. The van der Waals surface area contributed by atoms with Crippen LogP contribution in [0.3, 0.4) is 0 Å². The fourth-order valence-corrected chi connectivity index (χ4v) is 4.97. The van der Waals surface area contributed by atoms with Gasteiger partial charge in [0.25, 0.3) is 5.88 Å². The third kappa shape index (κ3) is 4.06. The first-order valence-corrected chi connectivity index (χ1v) is 10.6. The van der Waals surface area contributed by atoms with Crippen LogP contribution in [0.4, 0.5) is 21.7 Å². The highest BCUT2D eigenvalue weighted by atomic mass is 19.1. The summed E-state index contributed by atoms with van der Waals surface area (Å²) in [6.45, 7) is 3.71. The first-order valence-electron chi connectivity index (χ1n) is 10.6. The number of morpholine rings is 1. The van der Waals surface area contributed by atoms with Gasteiger partial charge in [-0.3, -0.25) is 0 Å². The van der Waals surface area contributed by atoms with Gasteiger partial charge in [-0.1, -0.05) is 0 Å². The van der Waals surface area contributed by atoms with Crippen molar-refractivity contribution < 1.29 is 19.0 Å². The third-order valence-corrected chi connectivity index (χ3v) is 6.45. The molecule has 0 atom stereocenters. The Morgan fingerprint density at radius 1 is 1.17 bits per heavy atom. The standard InChI is InChI=1S/C22H27FN4O3/c23-19-13-24-21(25-16-1-3-17(4-2-16)27-5-7-29-8-6-27)26-20(19)30-14-15-9-22(10-15)11-18(28)12-22/h1-4,13,15,18,28H,5-12,14H2,(H,24,25,26). The molecule has 2 aromatic rings. The molecule has 0 radical (unpaired) electrons. The van der Waals surface area contributed by atoms with Crippen LogP contribution in [-0.4, -0.2) is 54.1 Å². The van der Waals surface area contributed by atoms with Gasteiger partial charge < -0.3 is 24.8 Å². The van der Waals surface area contributed by atoms with Crippen LogP contribution in [0.1, 0.15) is 25.7 Å². The molecular formula is C22H27FN4O3. The van der Waals surface area contributed by atoms with E-state index in [0.29, 0.717) is 23.9 Å². The van der Waals surface area contributed by atoms with E-state index in [4.69, 9.17) is 9.47 Å². The predicted octanol–water partition coefficient (Wildman–Crippen LogP) is 3.13. The Balaban J connectivity index is 1.16. The maximum Gasteiger partial charge on any atom is 0.255 e. The number of nitrogens with zero attached hydrogens (tertiary/aromatic N) is 3. The zero-order valence-electron chi connectivity index (χ0n) is 16.9. The summed E-state index contributed by atoms with van der Waals surface area (Å²) in [4.78, 5) is 10.5. The van der Waals surface area contributed by atoms with Crippen LogP contribution in [0.15, 0.2) is 30.5 Å². The van der Waals surface area contributed by atoms with E-state index >= 15 is 0 Å². The van der Waals surface area contributed by atoms with E-state index in [0.717, 1.165) is 69.6 Å². The number of halogens is 1. The minimum Gasteiger partial charge on any atom is -0.475 e. The minimum atomic E-state index is -0.559. The van der Waals surface area contributed by atoms with Crippen molar-refractivity contribution in [3.05, 3.63) is 36.3 Å². The second-order valence-corrected chi connectivity index (χ2v) is 8.77. The summed E-state index contributed by atoms with van der Waals surface area (Å²) in [5.41, 5.74) is 2.29. The number of nitrogens with one attached hydrogen (secondary N) is 1. The van der Waals surface area contributed by atoms with E-state index in [9.17, 15) is 9.50 Å². The molecule has 5 rings (SSSR count). The molecule has 2 N–H and O–H groups in total. The zero-order chi connectivity index (χ0) is 20.6. The van der Waals surface area contributed by atoms with Gasteiger partial charge >= 0.3 is 0 Å². The van der Waals surface area contributed by atoms with Crippen LogP contribution in [0, 0.1) is 17.2 Å². The topological polar surface area (TPSA) is 79.7 Å². The molecule has 1 spiro atoms. The molecule has 0 amide bonds. The molecule has 1 aromatic heterocycles. The van der Waals surface area contributed by atoms with Gasteiger partial charge in [0.2, 0.25) is 11.8 Å². The van der Waals surface area contributed by atoms with E-state index in [2.05, 4.69) is 20.2 Å². The number of aliphatic hydroxyl groups is 1. The van der Waals surface area contributed by atoms with Crippen molar-refractivity contribution >= 4 is 17.3 Å². The summed E-state index contributed by atoms with van der Waals surface area (Å²) in [5, 5.41) is 12.6. The van der Waals surface area contributed by atoms with Gasteiger partial charge in [0, 0.05) is 24.5 Å². The normalized spacial score (nSPS) is 28.0. The van der Waals surface area contributed by atoms with Crippen LogP contribution < -0.4 is 15.0 Å². The quantitative estimate of drug-likeness (QED) is 0.752. The van der Waals surface area contributed by atoms with Crippen molar-refractivity contribution in [2.24, 2.45) is 11.3 Å². The lowest BCUT2D eigenvalue weighted by molar-refractivity contribution is -0.118. The lowest BCUT2D eigenvalue weighted by Crippen LogP contribution is -2.51. The first kappa shape index (κ1) is 19.5. The Morgan fingerprint density at radius 2 is 1.90 bits per heavy atom. The fraction of sp³-hybridized carbons (Fsp3) is 0.545. The second-order valence-electron chi connectivity index (χ2n) is 8.77. The van der Waals surface area contributed by atoms with Gasteiger partial charge in [0.05, 0.1) is 32.1 Å². The number of hydrogen-bond acceptors (Lipinski definition) is 7. The molecule has 3 aliphatic rings. The molecular weight excluding hydrogens is 387 g/mol. The summed E-state index contributed by atoms with van der Waals surface area (Å²) in [5.74, 6) is 0.122. The van der Waals surface area contributed by atoms with Gasteiger partial charge in [0.15, 0.2) is 0 Å². The van der Waals surface area contributed by atoms with E-state index in [1.807, 2.05) is 24.3 Å². The van der Waals surface area contributed by atoms with Crippen molar-refractivity contribution in [1.82, 2.24) is 9.97 Å². The molecule has 7 nitrogen and oxygen atoms in total. The van der Waals surface area contributed by atoms with Crippen LogP contribution >= 0.6 is 0 Å². The highest BCUT2D eigenvalue weighted by Crippen LogP contribution is 2.58. The van der Waals surface area contributed by atoms with E-state index in [-0.39, 0.29) is 12.0 Å². The first-order chi connectivity index (χ1) is 14.6. The monoisotopic (exact) mass is 414 g/mol. The number of rotatable bonds is 6. The third-order valence-electron chi connectivity index (χ3n) is 6.45. The highest BCUT2D eigenvalue weighted by molar-refractivity contribution is 5.59. The van der Waals surface area contributed by atoms with Crippen molar-refractivity contribution in [2.45, 2.75) is 31.8 Å². The number of anilines is 3. The van der Waals surface area contributed by atoms with E-state index < -0.39 is 5.82 Å².